The van der Waals surface area contributed by atoms with Gasteiger partial charge < -0.3 is 14.9 Å². The first kappa shape index (κ1) is 15.0. The van der Waals surface area contributed by atoms with Crippen LogP contribution in [0.25, 0.3) is 0 Å². The van der Waals surface area contributed by atoms with Gasteiger partial charge in [0, 0.05) is 36.4 Å². The second-order valence-corrected chi connectivity index (χ2v) is 5.15. The number of hydrogen-bond donors (Lipinski definition) is 1. The van der Waals surface area contributed by atoms with Crippen molar-refractivity contribution < 1.29 is 9.90 Å². The summed E-state index contributed by atoms with van der Waals surface area (Å²) in [6.45, 7) is 2.99. The van der Waals surface area contributed by atoms with Gasteiger partial charge in [0.05, 0.1) is 13.2 Å². The number of halogens is 1. The van der Waals surface area contributed by atoms with Crippen molar-refractivity contribution >= 4 is 27.5 Å². The Hall–Kier alpha value is -1.07. The largest absolute Gasteiger partial charge is 0.392 e. The van der Waals surface area contributed by atoms with Gasteiger partial charge in [-0.1, -0.05) is 15.9 Å². The van der Waals surface area contributed by atoms with Gasteiger partial charge in [0.1, 0.15) is 0 Å². The van der Waals surface area contributed by atoms with Crippen molar-refractivity contribution in [2.45, 2.75) is 13.5 Å². The summed E-state index contributed by atoms with van der Waals surface area (Å²) >= 11 is 3.38. The minimum atomic E-state index is -0.0402. The van der Waals surface area contributed by atoms with Crippen LogP contribution in [0.1, 0.15) is 12.5 Å². The lowest BCUT2D eigenvalue weighted by atomic mass is 10.1. The topological polar surface area (TPSA) is 43.8 Å². The number of aliphatic hydroxyl groups excluding tert-OH is 1. The molecule has 0 heterocycles. The van der Waals surface area contributed by atoms with E-state index < -0.39 is 0 Å². The molecular formula is C13H19BrN2O2. The number of carbonyl (C=O) groups excluding carboxylic acids is 1. The lowest BCUT2D eigenvalue weighted by molar-refractivity contribution is -0.127. The SMILES string of the molecule is CCN(CC(=O)N(C)C)c1ccc(Br)cc1CO. The smallest absolute Gasteiger partial charge is 0.241 e. The van der Waals surface area contributed by atoms with Crippen LogP contribution in [0.15, 0.2) is 22.7 Å². The van der Waals surface area contributed by atoms with Crippen molar-refractivity contribution in [1.29, 1.82) is 0 Å². The minimum absolute atomic E-state index is 0.0402. The molecule has 0 atom stereocenters. The molecule has 0 aromatic heterocycles. The summed E-state index contributed by atoms with van der Waals surface area (Å²) in [5.41, 5.74) is 1.72. The third-order valence-corrected chi connectivity index (χ3v) is 3.25. The lowest BCUT2D eigenvalue weighted by Gasteiger charge is -2.26. The summed E-state index contributed by atoms with van der Waals surface area (Å²) in [7, 11) is 3.48. The molecule has 0 aliphatic heterocycles. The van der Waals surface area contributed by atoms with Gasteiger partial charge in [0.25, 0.3) is 0 Å². The quantitative estimate of drug-likeness (QED) is 0.902. The number of carbonyl (C=O) groups is 1. The zero-order chi connectivity index (χ0) is 13.7. The Kier molecular flexibility index (Phi) is 5.62. The fourth-order valence-electron chi connectivity index (χ4n) is 1.66. The highest BCUT2D eigenvalue weighted by molar-refractivity contribution is 9.10. The van der Waals surface area contributed by atoms with Crippen LogP contribution >= 0.6 is 15.9 Å². The molecule has 0 fully saturated rings. The Labute approximate surface area is 116 Å². The van der Waals surface area contributed by atoms with Crippen LogP contribution in [0, 0.1) is 0 Å². The van der Waals surface area contributed by atoms with Crippen LogP contribution in [0.5, 0.6) is 0 Å². The predicted molar refractivity (Wildman–Crippen MR) is 76.6 cm³/mol. The number of hydrogen-bond acceptors (Lipinski definition) is 3. The normalized spacial score (nSPS) is 10.3. The van der Waals surface area contributed by atoms with Gasteiger partial charge in [-0.05, 0) is 25.1 Å². The maximum atomic E-state index is 11.8. The molecule has 0 saturated heterocycles. The van der Waals surface area contributed by atoms with Crippen LogP contribution in [0.2, 0.25) is 0 Å². The number of amides is 1. The lowest BCUT2D eigenvalue weighted by Crippen LogP contribution is -2.37. The summed E-state index contributed by atoms with van der Waals surface area (Å²) in [5, 5.41) is 9.39. The molecule has 0 aliphatic rings. The van der Waals surface area contributed by atoms with Gasteiger partial charge >= 0.3 is 0 Å². The molecule has 18 heavy (non-hydrogen) atoms. The molecule has 4 nitrogen and oxygen atoms in total. The van der Waals surface area contributed by atoms with E-state index in [9.17, 15) is 9.90 Å². The molecule has 100 valence electrons. The molecule has 1 N–H and O–H groups in total. The molecule has 0 unspecified atom stereocenters. The van der Waals surface area contributed by atoms with Crippen molar-refractivity contribution in [2.24, 2.45) is 0 Å². The minimum Gasteiger partial charge on any atom is -0.392 e. The zero-order valence-corrected chi connectivity index (χ0v) is 12.6. The van der Waals surface area contributed by atoms with Gasteiger partial charge in [-0.15, -0.1) is 0 Å². The molecule has 1 amide bonds. The van der Waals surface area contributed by atoms with E-state index in [0.29, 0.717) is 13.1 Å². The molecular weight excluding hydrogens is 296 g/mol. The van der Waals surface area contributed by atoms with Crippen molar-refractivity contribution in [3.63, 3.8) is 0 Å². The van der Waals surface area contributed by atoms with E-state index in [2.05, 4.69) is 15.9 Å². The maximum Gasteiger partial charge on any atom is 0.241 e. The standard InChI is InChI=1S/C13H19BrN2O2/c1-4-16(8-13(18)15(2)3)12-6-5-11(14)7-10(12)9-17/h5-7,17H,4,8-9H2,1-3H3. The van der Waals surface area contributed by atoms with Crippen LogP contribution in [0.3, 0.4) is 0 Å². The summed E-state index contributed by atoms with van der Waals surface area (Å²) in [6.07, 6.45) is 0. The first-order chi connectivity index (χ1) is 8.49. The Bertz CT molecular complexity index is 421. The Balaban J connectivity index is 2.98. The second-order valence-electron chi connectivity index (χ2n) is 4.23. The first-order valence-corrected chi connectivity index (χ1v) is 6.63. The van der Waals surface area contributed by atoms with E-state index in [1.165, 1.54) is 0 Å². The highest BCUT2D eigenvalue weighted by Gasteiger charge is 2.14. The molecule has 5 heteroatoms. The zero-order valence-electron chi connectivity index (χ0n) is 11.0. The summed E-state index contributed by atoms with van der Waals surface area (Å²) in [6, 6.07) is 5.71. The number of nitrogens with zero attached hydrogens (tertiary/aromatic N) is 2. The van der Waals surface area contributed by atoms with Gasteiger partial charge in [0.15, 0.2) is 0 Å². The van der Waals surface area contributed by atoms with Crippen LogP contribution in [-0.2, 0) is 11.4 Å². The molecule has 0 aliphatic carbocycles. The highest BCUT2D eigenvalue weighted by atomic mass is 79.9. The van der Waals surface area contributed by atoms with E-state index >= 15 is 0 Å². The highest BCUT2D eigenvalue weighted by Crippen LogP contribution is 2.24. The van der Waals surface area contributed by atoms with E-state index in [1.54, 1.807) is 19.0 Å². The van der Waals surface area contributed by atoms with Crippen molar-refractivity contribution in [3.05, 3.63) is 28.2 Å². The third kappa shape index (κ3) is 3.71. The average molecular weight is 315 g/mol. The van der Waals surface area contributed by atoms with Crippen LogP contribution in [-0.4, -0.2) is 43.1 Å². The number of rotatable bonds is 5. The van der Waals surface area contributed by atoms with Crippen LogP contribution < -0.4 is 4.90 Å². The van der Waals surface area contributed by atoms with Crippen LogP contribution in [0.4, 0.5) is 5.69 Å². The molecule has 0 spiro atoms. The molecule has 0 bridgehead atoms. The predicted octanol–water partition coefficient (Wildman–Crippen LogP) is 1.86. The van der Waals surface area contributed by atoms with E-state index in [0.717, 1.165) is 15.7 Å². The number of benzene rings is 1. The first-order valence-electron chi connectivity index (χ1n) is 5.84. The summed E-state index contributed by atoms with van der Waals surface area (Å²) in [5.74, 6) is 0.0451. The van der Waals surface area contributed by atoms with E-state index in [-0.39, 0.29) is 12.5 Å². The van der Waals surface area contributed by atoms with Gasteiger partial charge in [-0.25, -0.2) is 0 Å². The van der Waals surface area contributed by atoms with Gasteiger partial charge in [0.2, 0.25) is 5.91 Å². The Morgan fingerprint density at radius 1 is 1.39 bits per heavy atom. The summed E-state index contributed by atoms with van der Waals surface area (Å²) < 4.78 is 0.922. The second kappa shape index (κ2) is 6.75. The number of likely N-dealkylation sites (N-methyl/N-ethyl adjacent to an activating group) is 2. The Morgan fingerprint density at radius 3 is 2.56 bits per heavy atom. The van der Waals surface area contributed by atoms with E-state index in [1.807, 2.05) is 30.0 Å². The maximum absolute atomic E-state index is 11.8. The molecule has 1 aromatic carbocycles. The molecule has 1 aromatic rings. The van der Waals surface area contributed by atoms with Gasteiger partial charge in [-0.2, -0.15) is 0 Å². The average Bonchev–Trinajstić information content (AvgIpc) is 2.35. The van der Waals surface area contributed by atoms with E-state index in [4.69, 9.17) is 0 Å². The molecule has 1 rings (SSSR count). The molecule has 0 saturated carbocycles. The van der Waals surface area contributed by atoms with Crippen molar-refractivity contribution in [3.8, 4) is 0 Å². The Morgan fingerprint density at radius 2 is 2.06 bits per heavy atom. The van der Waals surface area contributed by atoms with Crippen molar-refractivity contribution in [1.82, 2.24) is 4.90 Å². The molecule has 0 radical (unpaired) electrons. The van der Waals surface area contributed by atoms with Crippen molar-refractivity contribution in [2.75, 3.05) is 32.1 Å². The van der Waals surface area contributed by atoms with Gasteiger partial charge in [-0.3, -0.25) is 4.79 Å². The fourth-order valence-corrected chi connectivity index (χ4v) is 2.07. The third-order valence-electron chi connectivity index (χ3n) is 2.76. The fraction of sp³-hybridized carbons (Fsp3) is 0.462. The monoisotopic (exact) mass is 314 g/mol. The summed E-state index contributed by atoms with van der Waals surface area (Å²) in [4.78, 5) is 15.3. The number of aliphatic hydroxyl groups is 1. The number of anilines is 1.